The number of aromatic nitrogens is 4. The maximum absolute atomic E-state index is 12.9. The van der Waals surface area contributed by atoms with Crippen LogP contribution in [0.4, 0.5) is 19.0 Å². The van der Waals surface area contributed by atoms with Crippen molar-refractivity contribution in [2.75, 3.05) is 25.5 Å². The Hall–Kier alpha value is -2.12. The largest absolute Gasteiger partial charge is 0.419 e. The standard InChI is InChI=1S/C14H19F3N8.HI/c1-18-13(22-8-11-23-9-24-25(11)2)21-7-6-20-12-10(14(15,16)17)4-3-5-19-12;/h3-5,9H,6-8H2,1-2H3,(H,19,20)(H2,18,21,22);1H. The summed E-state index contributed by atoms with van der Waals surface area (Å²) >= 11 is 0. The lowest BCUT2D eigenvalue weighted by Crippen LogP contribution is -2.39. The SMILES string of the molecule is CN=C(NCCNc1ncccc1C(F)(F)F)NCc1ncnn1C.I. The van der Waals surface area contributed by atoms with Gasteiger partial charge >= 0.3 is 6.18 Å². The number of hydrogen-bond donors (Lipinski definition) is 3. The molecule has 0 aliphatic rings. The second kappa shape index (κ2) is 10.1. The minimum Gasteiger partial charge on any atom is -0.368 e. The van der Waals surface area contributed by atoms with Crippen LogP contribution in [0.2, 0.25) is 0 Å². The van der Waals surface area contributed by atoms with Gasteiger partial charge in [0.05, 0.1) is 12.1 Å². The van der Waals surface area contributed by atoms with E-state index in [1.807, 2.05) is 0 Å². The van der Waals surface area contributed by atoms with Crippen LogP contribution in [0.3, 0.4) is 0 Å². The van der Waals surface area contributed by atoms with E-state index in [4.69, 9.17) is 0 Å². The molecule has 0 spiro atoms. The number of nitrogens with zero attached hydrogens (tertiary/aromatic N) is 5. The molecule has 0 amide bonds. The van der Waals surface area contributed by atoms with Crippen LogP contribution in [0.15, 0.2) is 29.6 Å². The quantitative estimate of drug-likeness (QED) is 0.250. The van der Waals surface area contributed by atoms with E-state index in [9.17, 15) is 13.2 Å². The average molecular weight is 484 g/mol. The summed E-state index contributed by atoms with van der Waals surface area (Å²) in [4.78, 5) is 11.8. The van der Waals surface area contributed by atoms with Crippen molar-refractivity contribution in [2.45, 2.75) is 12.7 Å². The van der Waals surface area contributed by atoms with Crippen molar-refractivity contribution < 1.29 is 13.2 Å². The van der Waals surface area contributed by atoms with Gasteiger partial charge in [0, 0.05) is 33.4 Å². The highest BCUT2D eigenvalue weighted by molar-refractivity contribution is 14.0. The fourth-order valence-corrected chi connectivity index (χ4v) is 2.00. The molecule has 3 N–H and O–H groups in total. The predicted molar refractivity (Wildman–Crippen MR) is 102 cm³/mol. The molecule has 0 saturated heterocycles. The highest BCUT2D eigenvalue weighted by Crippen LogP contribution is 2.33. The average Bonchev–Trinajstić information content (AvgIpc) is 2.99. The molecule has 12 heteroatoms. The molecule has 0 aliphatic heterocycles. The topological polar surface area (TPSA) is 92.1 Å². The fourth-order valence-electron chi connectivity index (χ4n) is 2.00. The minimum absolute atomic E-state index is 0. The van der Waals surface area contributed by atoms with E-state index < -0.39 is 11.7 Å². The van der Waals surface area contributed by atoms with Gasteiger partial charge in [-0.25, -0.2) is 9.97 Å². The highest BCUT2D eigenvalue weighted by atomic mass is 127. The number of anilines is 1. The molecule has 2 aromatic heterocycles. The molecular formula is C14H20F3IN8. The molecule has 26 heavy (non-hydrogen) atoms. The van der Waals surface area contributed by atoms with E-state index in [-0.39, 0.29) is 36.3 Å². The summed E-state index contributed by atoms with van der Waals surface area (Å²) in [5.41, 5.74) is -0.792. The molecule has 144 valence electrons. The van der Waals surface area contributed by atoms with E-state index in [0.29, 0.717) is 19.0 Å². The summed E-state index contributed by atoms with van der Waals surface area (Å²) in [6.45, 7) is 1.01. The first-order valence-electron chi connectivity index (χ1n) is 7.45. The van der Waals surface area contributed by atoms with E-state index in [1.165, 1.54) is 18.6 Å². The molecule has 0 atom stereocenters. The van der Waals surface area contributed by atoms with Gasteiger partial charge in [0.2, 0.25) is 0 Å². The van der Waals surface area contributed by atoms with Crippen LogP contribution >= 0.6 is 24.0 Å². The van der Waals surface area contributed by atoms with E-state index in [0.717, 1.165) is 11.9 Å². The first-order chi connectivity index (χ1) is 11.9. The van der Waals surface area contributed by atoms with E-state index in [1.54, 1.807) is 18.8 Å². The maximum Gasteiger partial charge on any atom is 0.419 e. The molecule has 8 nitrogen and oxygen atoms in total. The van der Waals surface area contributed by atoms with Crippen molar-refractivity contribution in [3.05, 3.63) is 36.0 Å². The molecule has 0 fully saturated rings. The van der Waals surface area contributed by atoms with Crippen LogP contribution in [0, 0.1) is 0 Å². The lowest BCUT2D eigenvalue weighted by Gasteiger charge is -2.14. The molecule has 0 aliphatic carbocycles. The first kappa shape index (κ1) is 21.9. The molecule has 2 heterocycles. The monoisotopic (exact) mass is 484 g/mol. The predicted octanol–water partition coefficient (Wildman–Crippen LogP) is 1.62. The number of guanidine groups is 1. The zero-order valence-electron chi connectivity index (χ0n) is 14.2. The van der Waals surface area contributed by atoms with E-state index in [2.05, 4.69) is 36.0 Å². The third kappa shape index (κ3) is 6.31. The van der Waals surface area contributed by atoms with Gasteiger partial charge in [0.25, 0.3) is 0 Å². The Kier molecular flexibility index (Phi) is 8.54. The molecule has 0 bridgehead atoms. The minimum atomic E-state index is -4.45. The normalized spacial score (nSPS) is 11.7. The third-order valence-corrected chi connectivity index (χ3v) is 3.27. The van der Waals surface area contributed by atoms with Crippen LogP contribution in [0.5, 0.6) is 0 Å². The summed E-state index contributed by atoms with van der Waals surface area (Å²) in [5.74, 6) is 1.03. The van der Waals surface area contributed by atoms with Crippen molar-refractivity contribution in [3.63, 3.8) is 0 Å². The number of aryl methyl sites for hydroxylation is 1. The van der Waals surface area contributed by atoms with Crippen molar-refractivity contribution in [1.29, 1.82) is 0 Å². The van der Waals surface area contributed by atoms with Crippen LogP contribution in [-0.2, 0) is 19.8 Å². The van der Waals surface area contributed by atoms with Crippen molar-refractivity contribution >= 4 is 35.8 Å². The van der Waals surface area contributed by atoms with Crippen LogP contribution in [0.25, 0.3) is 0 Å². The number of nitrogens with one attached hydrogen (secondary N) is 3. The Morgan fingerprint density at radius 1 is 1.23 bits per heavy atom. The number of halogens is 4. The van der Waals surface area contributed by atoms with Crippen molar-refractivity contribution in [2.24, 2.45) is 12.0 Å². The summed E-state index contributed by atoms with van der Waals surface area (Å²) in [6, 6.07) is 2.24. The van der Waals surface area contributed by atoms with Gasteiger partial charge in [-0.1, -0.05) is 0 Å². The maximum atomic E-state index is 12.9. The summed E-state index contributed by atoms with van der Waals surface area (Å²) in [6.07, 6.45) is -1.69. The Bertz CT molecular complexity index is 716. The number of aliphatic imine (C=N–C) groups is 1. The Labute approximate surface area is 165 Å². The lowest BCUT2D eigenvalue weighted by molar-refractivity contribution is -0.137. The van der Waals surface area contributed by atoms with Crippen LogP contribution < -0.4 is 16.0 Å². The molecule has 0 aromatic carbocycles. The summed E-state index contributed by atoms with van der Waals surface area (Å²) in [7, 11) is 3.37. The molecule has 2 aromatic rings. The highest BCUT2D eigenvalue weighted by Gasteiger charge is 2.33. The first-order valence-corrected chi connectivity index (χ1v) is 7.45. The fraction of sp³-hybridized carbons (Fsp3) is 0.429. The van der Waals surface area contributed by atoms with Gasteiger partial charge < -0.3 is 16.0 Å². The zero-order chi connectivity index (χ0) is 18.3. The summed E-state index contributed by atoms with van der Waals surface area (Å²) in [5, 5.41) is 12.7. The van der Waals surface area contributed by atoms with Crippen LogP contribution in [-0.4, -0.2) is 45.8 Å². The van der Waals surface area contributed by atoms with Gasteiger partial charge in [-0.05, 0) is 12.1 Å². The van der Waals surface area contributed by atoms with Gasteiger partial charge in [-0.15, -0.1) is 24.0 Å². The molecular weight excluding hydrogens is 464 g/mol. The van der Waals surface area contributed by atoms with Gasteiger partial charge in [-0.2, -0.15) is 18.3 Å². The number of alkyl halides is 3. The second-order valence-electron chi connectivity index (χ2n) is 4.98. The summed E-state index contributed by atoms with van der Waals surface area (Å²) < 4.78 is 40.2. The Balaban J connectivity index is 0.00000338. The van der Waals surface area contributed by atoms with Crippen molar-refractivity contribution in [1.82, 2.24) is 30.4 Å². The molecule has 0 unspecified atom stereocenters. The van der Waals surface area contributed by atoms with Gasteiger partial charge in [0.15, 0.2) is 5.96 Å². The second-order valence-corrected chi connectivity index (χ2v) is 4.98. The van der Waals surface area contributed by atoms with E-state index >= 15 is 0 Å². The Morgan fingerprint density at radius 3 is 2.62 bits per heavy atom. The van der Waals surface area contributed by atoms with Crippen molar-refractivity contribution in [3.8, 4) is 0 Å². The molecule has 2 rings (SSSR count). The number of rotatable bonds is 6. The van der Waals surface area contributed by atoms with Crippen LogP contribution in [0.1, 0.15) is 11.4 Å². The molecule has 0 saturated carbocycles. The number of hydrogen-bond acceptors (Lipinski definition) is 5. The van der Waals surface area contributed by atoms with Gasteiger partial charge in [0.1, 0.15) is 18.0 Å². The lowest BCUT2D eigenvalue weighted by atomic mass is 10.2. The Morgan fingerprint density at radius 2 is 2.00 bits per heavy atom. The zero-order valence-corrected chi connectivity index (χ0v) is 16.5. The van der Waals surface area contributed by atoms with Gasteiger partial charge in [-0.3, -0.25) is 9.67 Å². The smallest absolute Gasteiger partial charge is 0.368 e. The number of pyridine rings is 1. The third-order valence-electron chi connectivity index (χ3n) is 3.27. The molecule has 0 radical (unpaired) electrons.